The molecule has 2 saturated heterocycles. The minimum absolute atomic E-state index is 0.116. The summed E-state index contributed by atoms with van der Waals surface area (Å²) >= 11 is 2.40. The van der Waals surface area contributed by atoms with E-state index in [4.69, 9.17) is 0 Å². The van der Waals surface area contributed by atoms with Crippen LogP contribution in [0.4, 0.5) is 0 Å². The molecule has 2 aliphatic heterocycles. The molecule has 3 nitrogen and oxygen atoms in total. The monoisotopic (exact) mass is 350 g/mol. The highest BCUT2D eigenvalue weighted by Gasteiger charge is 2.46. The third kappa shape index (κ3) is 3.34. The maximum absolute atomic E-state index is 12.0. The highest BCUT2D eigenvalue weighted by molar-refractivity contribution is 14.1. The molecule has 4 heteroatoms. The van der Waals surface area contributed by atoms with Crippen LogP contribution in [-0.4, -0.2) is 40.1 Å². The van der Waals surface area contributed by atoms with Crippen LogP contribution in [-0.2, 0) is 4.79 Å². The van der Waals surface area contributed by atoms with Crippen molar-refractivity contribution in [2.24, 2.45) is 10.8 Å². The minimum atomic E-state index is 0.116. The number of carbonyl (C=O) groups is 1. The number of halogens is 1. The molecule has 17 heavy (non-hydrogen) atoms. The summed E-state index contributed by atoms with van der Waals surface area (Å²) in [4.78, 5) is 14.1. The lowest BCUT2D eigenvalue weighted by Crippen LogP contribution is -2.61. The fraction of sp³-hybridized carbons (Fsp3) is 0.923. The molecule has 0 aromatic heterocycles. The number of hydrogen-bond donors (Lipinski definition) is 0. The summed E-state index contributed by atoms with van der Waals surface area (Å²) in [5.74, 6) is 0.347. The van der Waals surface area contributed by atoms with Gasteiger partial charge in [0.25, 0.3) is 0 Å². The summed E-state index contributed by atoms with van der Waals surface area (Å²) in [6.07, 6.45) is 3.20. The largest absolute Gasteiger partial charge is 0.341 e. The van der Waals surface area contributed by atoms with E-state index in [9.17, 15) is 4.79 Å². The highest BCUT2D eigenvalue weighted by atomic mass is 127. The van der Waals surface area contributed by atoms with Crippen molar-refractivity contribution in [2.45, 2.75) is 40.0 Å². The van der Waals surface area contributed by atoms with E-state index >= 15 is 0 Å². The summed E-state index contributed by atoms with van der Waals surface area (Å²) in [5, 5.41) is 0. The minimum Gasteiger partial charge on any atom is -0.341 e. The molecule has 0 aromatic carbocycles. The summed E-state index contributed by atoms with van der Waals surface area (Å²) in [7, 11) is 0. The van der Waals surface area contributed by atoms with Gasteiger partial charge in [-0.25, -0.2) is 3.11 Å². The van der Waals surface area contributed by atoms with Gasteiger partial charge in [-0.3, -0.25) is 4.79 Å². The molecular weight excluding hydrogens is 327 g/mol. The number of piperidine rings is 1. The number of amides is 1. The maximum Gasteiger partial charge on any atom is 0.223 e. The van der Waals surface area contributed by atoms with Gasteiger partial charge in [0.15, 0.2) is 0 Å². The second-order valence-corrected chi connectivity index (χ2v) is 8.26. The van der Waals surface area contributed by atoms with Crippen LogP contribution in [0.25, 0.3) is 0 Å². The lowest BCUT2D eigenvalue weighted by Gasteiger charge is -2.53. The normalized spacial score (nSPS) is 24.8. The van der Waals surface area contributed by atoms with Gasteiger partial charge in [-0.1, -0.05) is 20.8 Å². The van der Waals surface area contributed by atoms with E-state index in [1.165, 1.54) is 25.9 Å². The second-order valence-electron chi connectivity index (χ2n) is 6.90. The van der Waals surface area contributed by atoms with Gasteiger partial charge in [0.1, 0.15) is 0 Å². The number of rotatable bonds is 1. The highest BCUT2D eigenvalue weighted by Crippen LogP contribution is 2.41. The zero-order valence-corrected chi connectivity index (χ0v) is 13.3. The van der Waals surface area contributed by atoms with Crippen LogP contribution < -0.4 is 0 Å². The standard InChI is InChI=1S/C13H23IN2O/c1-12(2,3)8-11(17)15-9-13(10-15)4-6-16(14)7-5-13/h4-10H2,1-3H3. The van der Waals surface area contributed by atoms with Gasteiger partial charge < -0.3 is 4.90 Å². The van der Waals surface area contributed by atoms with Crippen molar-refractivity contribution in [2.75, 3.05) is 26.2 Å². The van der Waals surface area contributed by atoms with Crippen LogP contribution in [0.3, 0.4) is 0 Å². The van der Waals surface area contributed by atoms with Crippen molar-refractivity contribution >= 4 is 28.8 Å². The van der Waals surface area contributed by atoms with E-state index in [0.717, 1.165) is 13.1 Å². The Labute approximate surface area is 118 Å². The Morgan fingerprint density at radius 2 is 1.76 bits per heavy atom. The average molecular weight is 350 g/mol. The van der Waals surface area contributed by atoms with Gasteiger partial charge in [0.05, 0.1) is 0 Å². The lowest BCUT2D eigenvalue weighted by atomic mass is 9.72. The zero-order valence-electron chi connectivity index (χ0n) is 11.1. The fourth-order valence-corrected chi connectivity index (χ4v) is 3.26. The smallest absolute Gasteiger partial charge is 0.223 e. The summed E-state index contributed by atoms with van der Waals surface area (Å²) in [6.45, 7) is 10.8. The first-order valence-corrected chi connectivity index (χ1v) is 7.45. The van der Waals surface area contributed by atoms with E-state index < -0.39 is 0 Å². The first-order chi connectivity index (χ1) is 7.80. The third-order valence-electron chi connectivity index (χ3n) is 3.86. The molecule has 2 heterocycles. The Kier molecular flexibility index (Phi) is 3.74. The zero-order chi connectivity index (χ0) is 12.7. The molecule has 0 atom stereocenters. The Balaban J connectivity index is 1.80. The molecule has 0 radical (unpaired) electrons. The van der Waals surface area contributed by atoms with Crippen LogP contribution in [0.2, 0.25) is 0 Å². The molecule has 0 N–H and O–H groups in total. The van der Waals surface area contributed by atoms with E-state index in [1.807, 2.05) is 0 Å². The molecule has 98 valence electrons. The maximum atomic E-state index is 12.0. The summed E-state index contributed by atoms with van der Waals surface area (Å²) in [5.41, 5.74) is 0.584. The molecule has 1 amide bonds. The molecule has 0 bridgehead atoms. The van der Waals surface area contributed by atoms with E-state index in [2.05, 4.69) is 51.6 Å². The van der Waals surface area contributed by atoms with Crippen molar-refractivity contribution in [1.82, 2.24) is 8.01 Å². The SMILES string of the molecule is CC(C)(C)CC(=O)N1CC2(CCN(I)CC2)C1. The van der Waals surface area contributed by atoms with Crippen LogP contribution in [0.5, 0.6) is 0 Å². The first-order valence-electron chi connectivity index (χ1n) is 6.48. The van der Waals surface area contributed by atoms with E-state index in [0.29, 0.717) is 17.7 Å². The molecule has 2 fully saturated rings. The quantitative estimate of drug-likeness (QED) is 0.536. The van der Waals surface area contributed by atoms with Gasteiger partial charge >= 0.3 is 0 Å². The van der Waals surface area contributed by atoms with Gasteiger partial charge in [0, 0.05) is 60.9 Å². The molecule has 1 spiro atoms. The summed E-state index contributed by atoms with van der Waals surface area (Å²) < 4.78 is 2.36. The van der Waals surface area contributed by atoms with Crippen molar-refractivity contribution in [1.29, 1.82) is 0 Å². The number of nitrogens with zero attached hydrogens (tertiary/aromatic N) is 2. The molecule has 2 aliphatic rings. The Bertz CT molecular complexity index is 295. The van der Waals surface area contributed by atoms with E-state index in [1.54, 1.807) is 0 Å². The van der Waals surface area contributed by atoms with Gasteiger partial charge in [-0.15, -0.1) is 0 Å². The molecule has 0 saturated carbocycles. The first kappa shape index (κ1) is 13.6. The van der Waals surface area contributed by atoms with Crippen molar-refractivity contribution in [3.63, 3.8) is 0 Å². The summed E-state index contributed by atoms with van der Waals surface area (Å²) in [6, 6.07) is 0. The molecule has 0 aromatic rings. The number of hydrogen-bond acceptors (Lipinski definition) is 2. The second kappa shape index (κ2) is 4.68. The van der Waals surface area contributed by atoms with Crippen LogP contribution in [0, 0.1) is 10.8 Å². The molecule has 0 aliphatic carbocycles. The average Bonchev–Trinajstić information content (AvgIpc) is 2.13. The van der Waals surface area contributed by atoms with Crippen molar-refractivity contribution in [3.05, 3.63) is 0 Å². The molecule has 0 unspecified atom stereocenters. The predicted octanol–water partition coefficient (Wildman–Crippen LogP) is 2.70. The van der Waals surface area contributed by atoms with Gasteiger partial charge in [-0.2, -0.15) is 0 Å². The van der Waals surface area contributed by atoms with Crippen LogP contribution in [0.15, 0.2) is 0 Å². The Morgan fingerprint density at radius 1 is 1.24 bits per heavy atom. The lowest BCUT2D eigenvalue weighted by molar-refractivity contribution is -0.147. The Morgan fingerprint density at radius 3 is 2.24 bits per heavy atom. The number of likely N-dealkylation sites (tertiary alicyclic amines) is 1. The topological polar surface area (TPSA) is 23.6 Å². The third-order valence-corrected chi connectivity index (χ3v) is 4.82. The fourth-order valence-electron chi connectivity index (χ4n) is 2.78. The van der Waals surface area contributed by atoms with Gasteiger partial charge in [-0.05, 0) is 18.3 Å². The Hall–Kier alpha value is 0.160. The molecular formula is C13H23IN2O. The molecule has 2 rings (SSSR count). The van der Waals surface area contributed by atoms with Gasteiger partial charge in [0.2, 0.25) is 5.91 Å². The van der Waals surface area contributed by atoms with Crippen molar-refractivity contribution < 1.29 is 4.79 Å². The van der Waals surface area contributed by atoms with Crippen LogP contribution >= 0.6 is 22.9 Å². The van der Waals surface area contributed by atoms with E-state index in [-0.39, 0.29) is 5.41 Å². The number of carbonyl (C=O) groups excluding carboxylic acids is 1. The van der Waals surface area contributed by atoms with Crippen molar-refractivity contribution in [3.8, 4) is 0 Å². The van der Waals surface area contributed by atoms with Crippen LogP contribution in [0.1, 0.15) is 40.0 Å². The predicted molar refractivity (Wildman–Crippen MR) is 77.9 cm³/mol.